The molecule has 31 heavy (non-hydrogen) atoms. The second kappa shape index (κ2) is 8.97. The third-order valence-corrected chi connectivity index (χ3v) is 5.51. The highest BCUT2D eigenvalue weighted by Crippen LogP contribution is 2.23. The Bertz CT molecular complexity index is 1090. The van der Waals surface area contributed by atoms with Crippen molar-refractivity contribution >= 4 is 11.6 Å². The molecule has 0 saturated heterocycles. The minimum Gasteiger partial charge on any atom is -0.470 e. The van der Waals surface area contributed by atoms with Gasteiger partial charge in [-0.15, -0.1) is 0 Å². The maximum Gasteiger partial charge on any atom is 0.270 e. The quantitative estimate of drug-likeness (QED) is 0.570. The normalized spacial score (nSPS) is 11.7. The Morgan fingerprint density at radius 1 is 1.19 bits per heavy atom. The highest BCUT2D eigenvalue weighted by molar-refractivity contribution is 5.95. The molecular formula is C22H27F2N5O2. The number of rotatable bonds is 8. The third-order valence-electron chi connectivity index (χ3n) is 5.51. The molecule has 2 heterocycles. The van der Waals surface area contributed by atoms with Gasteiger partial charge in [-0.05, 0) is 38.8 Å². The highest BCUT2D eigenvalue weighted by Gasteiger charge is 2.25. The third kappa shape index (κ3) is 4.66. The molecule has 0 bridgehead atoms. The number of amides is 1. The van der Waals surface area contributed by atoms with Crippen molar-refractivity contribution in [2.75, 3.05) is 6.54 Å². The molecule has 7 nitrogen and oxygen atoms in total. The molecule has 0 fully saturated rings. The molecule has 0 spiro atoms. The summed E-state index contributed by atoms with van der Waals surface area (Å²) in [7, 11) is 0. The fraction of sp³-hybridized carbons (Fsp3) is 0.409. The van der Waals surface area contributed by atoms with Gasteiger partial charge in [0.2, 0.25) is 5.65 Å². The molecule has 0 saturated carbocycles. The second-order valence-electron chi connectivity index (χ2n) is 7.67. The van der Waals surface area contributed by atoms with Gasteiger partial charge in [-0.2, -0.15) is 0 Å². The van der Waals surface area contributed by atoms with E-state index in [4.69, 9.17) is 10.5 Å². The summed E-state index contributed by atoms with van der Waals surface area (Å²) >= 11 is 0. The first-order valence-corrected chi connectivity index (χ1v) is 10.2. The first-order valence-electron chi connectivity index (χ1n) is 10.2. The van der Waals surface area contributed by atoms with Crippen LogP contribution in [0.1, 0.15) is 54.1 Å². The summed E-state index contributed by atoms with van der Waals surface area (Å²) in [5.74, 6) is -1.65. The summed E-state index contributed by atoms with van der Waals surface area (Å²) in [6.07, 6.45) is 3.11. The maximum atomic E-state index is 13.9. The zero-order valence-electron chi connectivity index (χ0n) is 18.1. The SMILES string of the molecule is CCC(N)(CC)CNC(=O)c1c(C)nc2c(OCc3c(F)cccc3F)nc(C)cn12. The van der Waals surface area contributed by atoms with E-state index in [1.165, 1.54) is 6.07 Å². The van der Waals surface area contributed by atoms with Gasteiger partial charge in [0.1, 0.15) is 23.9 Å². The van der Waals surface area contributed by atoms with Gasteiger partial charge in [0.05, 0.1) is 17.0 Å². The van der Waals surface area contributed by atoms with Crippen molar-refractivity contribution in [1.82, 2.24) is 19.7 Å². The van der Waals surface area contributed by atoms with E-state index in [-0.39, 0.29) is 29.6 Å². The Hall–Kier alpha value is -3.07. The molecule has 9 heteroatoms. The van der Waals surface area contributed by atoms with Crippen molar-refractivity contribution in [2.24, 2.45) is 5.73 Å². The van der Waals surface area contributed by atoms with Crippen LogP contribution in [0.3, 0.4) is 0 Å². The maximum absolute atomic E-state index is 13.9. The zero-order valence-corrected chi connectivity index (χ0v) is 18.1. The molecule has 0 unspecified atom stereocenters. The average molecular weight is 431 g/mol. The molecule has 0 radical (unpaired) electrons. The molecular weight excluding hydrogens is 404 g/mol. The largest absolute Gasteiger partial charge is 0.470 e. The summed E-state index contributed by atoms with van der Waals surface area (Å²) in [5.41, 5.74) is 7.24. The van der Waals surface area contributed by atoms with E-state index in [0.717, 1.165) is 25.0 Å². The first-order chi connectivity index (χ1) is 14.7. The lowest BCUT2D eigenvalue weighted by molar-refractivity contribution is 0.0935. The van der Waals surface area contributed by atoms with Gasteiger partial charge in [0.25, 0.3) is 11.8 Å². The van der Waals surface area contributed by atoms with Crippen LogP contribution in [-0.2, 0) is 6.61 Å². The van der Waals surface area contributed by atoms with Crippen LogP contribution in [0.15, 0.2) is 24.4 Å². The molecule has 3 rings (SSSR count). The van der Waals surface area contributed by atoms with Crippen LogP contribution in [0.4, 0.5) is 8.78 Å². The number of nitrogens with two attached hydrogens (primary N) is 1. The predicted octanol–water partition coefficient (Wildman–Crippen LogP) is 3.45. The monoisotopic (exact) mass is 431 g/mol. The number of nitrogens with zero attached hydrogens (tertiary/aromatic N) is 3. The van der Waals surface area contributed by atoms with E-state index in [2.05, 4.69) is 15.3 Å². The van der Waals surface area contributed by atoms with Crippen molar-refractivity contribution in [3.05, 3.63) is 58.7 Å². The Morgan fingerprint density at radius 2 is 1.84 bits per heavy atom. The fourth-order valence-corrected chi connectivity index (χ4v) is 3.27. The fourth-order valence-electron chi connectivity index (χ4n) is 3.27. The number of carbonyl (C=O) groups is 1. The van der Waals surface area contributed by atoms with Crippen LogP contribution < -0.4 is 15.8 Å². The number of hydrogen-bond donors (Lipinski definition) is 2. The predicted molar refractivity (Wildman–Crippen MR) is 113 cm³/mol. The van der Waals surface area contributed by atoms with Gasteiger partial charge in [-0.1, -0.05) is 19.9 Å². The smallest absolute Gasteiger partial charge is 0.270 e. The van der Waals surface area contributed by atoms with Crippen LogP contribution in [-0.4, -0.2) is 32.4 Å². The number of benzene rings is 1. The van der Waals surface area contributed by atoms with Crippen molar-refractivity contribution in [1.29, 1.82) is 0 Å². The molecule has 1 aromatic carbocycles. The topological polar surface area (TPSA) is 94.5 Å². The summed E-state index contributed by atoms with van der Waals surface area (Å²) in [6, 6.07) is 3.60. The van der Waals surface area contributed by atoms with Gasteiger partial charge in [-0.25, -0.2) is 18.7 Å². The summed E-state index contributed by atoms with van der Waals surface area (Å²) in [6.45, 7) is 7.35. The minimum absolute atomic E-state index is 0.0834. The molecule has 0 aliphatic heterocycles. The standard InChI is InChI=1S/C22H27F2N5O2/c1-5-22(25,6-2)12-26-20(30)18-14(4)28-19-21(27-13(3)10-29(18)19)31-11-15-16(23)8-7-9-17(15)24/h7-10H,5-6,11-12,25H2,1-4H3,(H,26,30). The van der Waals surface area contributed by atoms with Crippen LogP contribution in [0, 0.1) is 25.5 Å². The molecule has 0 aliphatic carbocycles. The van der Waals surface area contributed by atoms with E-state index < -0.39 is 17.2 Å². The number of hydrogen-bond acceptors (Lipinski definition) is 5. The van der Waals surface area contributed by atoms with E-state index in [1.807, 2.05) is 13.8 Å². The lowest BCUT2D eigenvalue weighted by atomic mass is 9.94. The van der Waals surface area contributed by atoms with Crippen molar-refractivity contribution in [3.8, 4) is 5.88 Å². The van der Waals surface area contributed by atoms with Crippen molar-refractivity contribution in [3.63, 3.8) is 0 Å². The number of imidazole rings is 1. The number of fused-ring (bicyclic) bond motifs is 1. The Balaban J connectivity index is 1.92. The number of carbonyl (C=O) groups excluding carboxylic acids is 1. The Labute approximate surface area is 179 Å². The molecule has 3 aromatic rings. The summed E-state index contributed by atoms with van der Waals surface area (Å²) < 4.78 is 35.1. The lowest BCUT2D eigenvalue weighted by Crippen LogP contribution is -2.49. The first kappa shape index (κ1) is 22.6. The molecule has 0 aliphatic rings. The summed E-state index contributed by atoms with van der Waals surface area (Å²) in [5, 5.41) is 2.89. The van der Waals surface area contributed by atoms with Gasteiger partial charge in [0, 0.05) is 18.3 Å². The van der Waals surface area contributed by atoms with Gasteiger partial charge >= 0.3 is 0 Å². The second-order valence-corrected chi connectivity index (χ2v) is 7.67. The average Bonchev–Trinajstić information content (AvgIpc) is 3.07. The van der Waals surface area contributed by atoms with Crippen LogP contribution in [0.5, 0.6) is 5.88 Å². The van der Waals surface area contributed by atoms with Crippen molar-refractivity contribution in [2.45, 2.75) is 52.7 Å². The van der Waals surface area contributed by atoms with E-state index in [0.29, 0.717) is 23.6 Å². The molecule has 2 aromatic heterocycles. The van der Waals surface area contributed by atoms with Gasteiger partial charge in [-0.3, -0.25) is 9.20 Å². The molecule has 1 amide bonds. The molecule has 166 valence electrons. The lowest BCUT2D eigenvalue weighted by Gasteiger charge is -2.26. The number of nitrogens with one attached hydrogen (secondary N) is 1. The number of halogens is 2. The highest BCUT2D eigenvalue weighted by atomic mass is 19.1. The van der Waals surface area contributed by atoms with Gasteiger partial charge < -0.3 is 15.8 Å². The van der Waals surface area contributed by atoms with E-state index >= 15 is 0 Å². The van der Waals surface area contributed by atoms with Gasteiger partial charge in [0.15, 0.2) is 0 Å². The molecule has 3 N–H and O–H groups in total. The van der Waals surface area contributed by atoms with Crippen LogP contribution >= 0.6 is 0 Å². The number of aromatic nitrogens is 3. The minimum atomic E-state index is -0.708. The number of aryl methyl sites for hydroxylation is 2. The van der Waals surface area contributed by atoms with Crippen LogP contribution in [0.2, 0.25) is 0 Å². The van der Waals surface area contributed by atoms with E-state index in [9.17, 15) is 13.6 Å². The Kier molecular flexibility index (Phi) is 6.54. The zero-order chi connectivity index (χ0) is 22.8. The summed E-state index contributed by atoms with van der Waals surface area (Å²) in [4.78, 5) is 21.6. The van der Waals surface area contributed by atoms with Crippen molar-refractivity contribution < 1.29 is 18.3 Å². The van der Waals surface area contributed by atoms with E-state index in [1.54, 1.807) is 24.4 Å². The molecule has 0 atom stereocenters. The van der Waals surface area contributed by atoms with Crippen LogP contribution in [0.25, 0.3) is 5.65 Å². The number of ether oxygens (including phenoxy) is 1. The Morgan fingerprint density at radius 3 is 2.45 bits per heavy atom.